The van der Waals surface area contributed by atoms with Crippen LogP contribution in [0.1, 0.15) is 37.9 Å². The summed E-state index contributed by atoms with van der Waals surface area (Å²) in [5.41, 5.74) is 1.79. The molecule has 10 nitrogen and oxygen atoms in total. The average Bonchev–Trinajstić information content (AvgIpc) is 2.90. The number of hydrogen-bond acceptors (Lipinski definition) is 9. The number of likely N-dealkylation sites (N-methyl/N-ethyl adjacent to an activating group) is 1. The van der Waals surface area contributed by atoms with E-state index in [1.807, 2.05) is 12.1 Å². The normalized spacial score (nSPS) is 14.0. The third-order valence-electron chi connectivity index (χ3n) is 5.86. The minimum Gasteiger partial charge on any atom is -0.489 e. The zero-order chi connectivity index (χ0) is 26.4. The van der Waals surface area contributed by atoms with Crippen molar-refractivity contribution in [2.75, 3.05) is 25.6 Å². The standard InChI is InChI=1S/C27H30N6O4/c1-27(2,35)25(34)33(3)17-21-6-5-20(16-30-21)31-26-29-11-8-23(32-26)18-4-7-24(19(14-18)15-28)37-22-9-12-36-13-10-22/h4-8,11,14,16,22,35H,9-10,12-13,17H2,1-3H3,(H,29,31,32). The number of carbonyl (C=O) groups is 1. The number of hydrogen-bond donors (Lipinski definition) is 2. The molecule has 1 aliphatic heterocycles. The molecular formula is C27H30N6O4. The molecule has 0 atom stereocenters. The highest BCUT2D eigenvalue weighted by molar-refractivity contribution is 5.83. The molecule has 0 spiro atoms. The van der Waals surface area contributed by atoms with E-state index in [4.69, 9.17) is 9.47 Å². The monoisotopic (exact) mass is 502 g/mol. The second kappa shape index (κ2) is 11.3. The first-order valence-corrected chi connectivity index (χ1v) is 12.0. The van der Waals surface area contributed by atoms with Gasteiger partial charge in [0.25, 0.3) is 5.91 Å². The van der Waals surface area contributed by atoms with Crippen LogP contribution in [0.3, 0.4) is 0 Å². The molecule has 0 radical (unpaired) electrons. The fraction of sp³-hybridized carbons (Fsp3) is 0.370. The zero-order valence-electron chi connectivity index (χ0n) is 21.1. The predicted octanol–water partition coefficient (Wildman–Crippen LogP) is 3.44. The van der Waals surface area contributed by atoms with Gasteiger partial charge in [0.2, 0.25) is 5.95 Å². The molecule has 0 bridgehead atoms. The van der Waals surface area contributed by atoms with Crippen LogP contribution >= 0.6 is 0 Å². The van der Waals surface area contributed by atoms with E-state index in [2.05, 4.69) is 26.3 Å². The molecule has 0 saturated carbocycles. The van der Waals surface area contributed by atoms with E-state index in [1.165, 1.54) is 18.7 Å². The molecule has 1 aromatic carbocycles. The Kier molecular flexibility index (Phi) is 7.96. The van der Waals surface area contributed by atoms with Crippen LogP contribution in [0.5, 0.6) is 5.75 Å². The molecule has 192 valence electrons. The first kappa shape index (κ1) is 26.0. The number of benzene rings is 1. The number of aromatic nitrogens is 3. The number of aliphatic hydroxyl groups is 1. The van der Waals surface area contributed by atoms with Gasteiger partial charge in [-0.1, -0.05) is 0 Å². The van der Waals surface area contributed by atoms with Crippen LogP contribution in [0, 0.1) is 11.3 Å². The van der Waals surface area contributed by atoms with Crippen molar-refractivity contribution in [3.05, 3.63) is 60.0 Å². The molecule has 10 heteroatoms. The van der Waals surface area contributed by atoms with E-state index < -0.39 is 5.60 Å². The van der Waals surface area contributed by atoms with Crippen LogP contribution in [0.4, 0.5) is 11.6 Å². The molecule has 37 heavy (non-hydrogen) atoms. The molecule has 3 aromatic rings. The van der Waals surface area contributed by atoms with Crippen molar-refractivity contribution in [3.8, 4) is 23.1 Å². The molecule has 1 fully saturated rings. The van der Waals surface area contributed by atoms with Gasteiger partial charge in [-0.2, -0.15) is 5.26 Å². The summed E-state index contributed by atoms with van der Waals surface area (Å²) in [4.78, 5) is 26.9. The van der Waals surface area contributed by atoms with Gasteiger partial charge in [-0.15, -0.1) is 0 Å². The van der Waals surface area contributed by atoms with E-state index in [9.17, 15) is 15.2 Å². The molecule has 4 rings (SSSR count). The van der Waals surface area contributed by atoms with Crippen LogP contribution in [-0.4, -0.2) is 62.8 Å². The molecule has 0 aliphatic carbocycles. The van der Waals surface area contributed by atoms with E-state index in [0.29, 0.717) is 47.6 Å². The van der Waals surface area contributed by atoms with Crippen molar-refractivity contribution in [3.63, 3.8) is 0 Å². The number of anilines is 2. The number of carbonyl (C=O) groups excluding carboxylic acids is 1. The van der Waals surface area contributed by atoms with Gasteiger partial charge < -0.3 is 24.8 Å². The van der Waals surface area contributed by atoms with Crippen LogP contribution in [0.2, 0.25) is 0 Å². The highest BCUT2D eigenvalue weighted by atomic mass is 16.5. The summed E-state index contributed by atoms with van der Waals surface area (Å²) >= 11 is 0. The van der Waals surface area contributed by atoms with E-state index >= 15 is 0 Å². The summed E-state index contributed by atoms with van der Waals surface area (Å²) in [6.07, 6.45) is 4.92. The molecule has 1 saturated heterocycles. The Morgan fingerprint density at radius 1 is 1.24 bits per heavy atom. The fourth-order valence-corrected chi connectivity index (χ4v) is 3.94. The first-order valence-electron chi connectivity index (χ1n) is 12.0. The Hall–Kier alpha value is -4.07. The largest absolute Gasteiger partial charge is 0.489 e. The number of nitriles is 1. The van der Waals surface area contributed by atoms with Gasteiger partial charge in [0.05, 0.1) is 48.6 Å². The number of rotatable bonds is 8. The summed E-state index contributed by atoms with van der Waals surface area (Å²) in [6, 6.07) is 13.1. The molecule has 0 unspecified atom stereocenters. The molecule has 2 N–H and O–H groups in total. The number of pyridine rings is 1. The van der Waals surface area contributed by atoms with Crippen LogP contribution in [0.15, 0.2) is 48.8 Å². The van der Waals surface area contributed by atoms with Crippen LogP contribution in [-0.2, 0) is 16.1 Å². The van der Waals surface area contributed by atoms with Gasteiger partial charge in [0.15, 0.2) is 0 Å². The second-order valence-electron chi connectivity index (χ2n) is 9.40. The summed E-state index contributed by atoms with van der Waals surface area (Å²) in [7, 11) is 1.62. The smallest absolute Gasteiger partial charge is 0.254 e. The Bertz CT molecular complexity index is 1280. The van der Waals surface area contributed by atoms with E-state index in [1.54, 1.807) is 43.7 Å². The van der Waals surface area contributed by atoms with Crippen molar-refractivity contribution >= 4 is 17.5 Å². The maximum Gasteiger partial charge on any atom is 0.254 e. The summed E-state index contributed by atoms with van der Waals surface area (Å²) < 4.78 is 11.4. The number of ether oxygens (including phenoxy) is 2. The van der Waals surface area contributed by atoms with Crippen molar-refractivity contribution < 1.29 is 19.4 Å². The van der Waals surface area contributed by atoms with Crippen LogP contribution < -0.4 is 10.1 Å². The van der Waals surface area contributed by atoms with E-state index in [-0.39, 0.29) is 18.6 Å². The average molecular weight is 503 g/mol. The SMILES string of the molecule is CN(Cc1ccc(Nc2nccc(-c3ccc(OC4CCOCC4)c(C#N)c3)n2)cn1)C(=O)C(C)(C)O. The van der Waals surface area contributed by atoms with Crippen LogP contribution in [0.25, 0.3) is 11.3 Å². The fourth-order valence-electron chi connectivity index (χ4n) is 3.94. The highest BCUT2D eigenvalue weighted by Gasteiger charge is 2.27. The van der Waals surface area contributed by atoms with Gasteiger partial charge in [-0.3, -0.25) is 9.78 Å². The Balaban J connectivity index is 1.43. The lowest BCUT2D eigenvalue weighted by Crippen LogP contribution is -2.42. The van der Waals surface area contributed by atoms with Gasteiger partial charge in [0, 0.05) is 31.6 Å². The van der Waals surface area contributed by atoms with Crippen molar-refractivity contribution in [1.29, 1.82) is 5.26 Å². The van der Waals surface area contributed by atoms with Gasteiger partial charge in [-0.25, -0.2) is 9.97 Å². The molecule has 1 amide bonds. The lowest BCUT2D eigenvalue weighted by atomic mass is 10.1. The molecule has 1 aliphatic rings. The topological polar surface area (TPSA) is 133 Å². The minimum atomic E-state index is -1.44. The molecule has 2 aromatic heterocycles. The lowest BCUT2D eigenvalue weighted by molar-refractivity contribution is -0.147. The third kappa shape index (κ3) is 6.78. The van der Waals surface area contributed by atoms with Crippen molar-refractivity contribution in [2.24, 2.45) is 0 Å². The second-order valence-corrected chi connectivity index (χ2v) is 9.40. The summed E-state index contributed by atoms with van der Waals surface area (Å²) in [6.45, 7) is 4.51. The quantitative estimate of drug-likeness (QED) is 0.475. The van der Waals surface area contributed by atoms with E-state index in [0.717, 1.165) is 18.4 Å². The predicted molar refractivity (Wildman–Crippen MR) is 137 cm³/mol. The van der Waals surface area contributed by atoms with Crippen molar-refractivity contribution in [2.45, 2.75) is 44.9 Å². The molecular weight excluding hydrogens is 472 g/mol. The Morgan fingerprint density at radius 2 is 2.03 bits per heavy atom. The van der Waals surface area contributed by atoms with Gasteiger partial charge in [0.1, 0.15) is 23.5 Å². The maximum absolute atomic E-state index is 12.2. The summed E-state index contributed by atoms with van der Waals surface area (Å²) in [5, 5.41) is 22.7. The van der Waals surface area contributed by atoms with Crippen molar-refractivity contribution in [1.82, 2.24) is 19.9 Å². The zero-order valence-corrected chi connectivity index (χ0v) is 21.1. The lowest BCUT2D eigenvalue weighted by Gasteiger charge is -2.24. The van der Waals surface area contributed by atoms with Gasteiger partial charge >= 0.3 is 0 Å². The Labute approximate surface area is 215 Å². The number of amides is 1. The number of nitrogens with zero attached hydrogens (tertiary/aromatic N) is 5. The van der Waals surface area contributed by atoms with Gasteiger partial charge in [-0.05, 0) is 50.2 Å². The molecule has 3 heterocycles. The first-order chi connectivity index (χ1) is 17.7. The Morgan fingerprint density at radius 3 is 2.70 bits per heavy atom. The summed E-state index contributed by atoms with van der Waals surface area (Å²) in [5.74, 6) is 0.554. The highest BCUT2D eigenvalue weighted by Crippen LogP contribution is 2.28. The third-order valence-corrected chi connectivity index (χ3v) is 5.86. The maximum atomic E-state index is 12.2. The minimum absolute atomic E-state index is 0.0453. The number of nitrogens with one attached hydrogen (secondary N) is 1.